The summed E-state index contributed by atoms with van der Waals surface area (Å²) >= 11 is 0. The van der Waals surface area contributed by atoms with Crippen LogP contribution in [0.15, 0.2) is 54.9 Å². The minimum atomic E-state index is -0.690. The maximum atomic E-state index is 13.1. The molecule has 2 atom stereocenters. The number of amides is 2. The van der Waals surface area contributed by atoms with E-state index in [4.69, 9.17) is 5.73 Å². The summed E-state index contributed by atoms with van der Waals surface area (Å²) < 4.78 is 0. The summed E-state index contributed by atoms with van der Waals surface area (Å²) in [6, 6.07) is 11.9. The quantitative estimate of drug-likeness (QED) is 0.641. The minimum Gasteiger partial charge on any atom is -0.350 e. The van der Waals surface area contributed by atoms with E-state index in [0.717, 1.165) is 18.4 Å². The molecule has 154 valence electrons. The van der Waals surface area contributed by atoms with Gasteiger partial charge in [-0.2, -0.15) is 0 Å². The first-order valence-electron chi connectivity index (χ1n) is 10.4. The Hall–Kier alpha value is -2.73. The first-order chi connectivity index (χ1) is 14.2. The number of carbonyl (C=O) groups is 2. The molecular weight excluding hydrogens is 364 g/mol. The lowest BCUT2D eigenvalue weighted by Gasteiger charge is -2.31. The molecule has 3 rings (SSSR count). The fourth-order valence-corrected chi connectivity index (χ4v) is 3.98. The van der Waals surface area contributed by atoms with Gasteiger partial charge in [-0.05, 0) is 42.5 Å². The van der Waals surface area contributed by atoms with E-state index in [-0.39, 0.29) is 17.9 Å². The van der Waals surface area contributed by atoms with Crippen molar-refractivity contribution in [2.45, 2.75) is 50.6 Å². The molecule has 6 heteroatoms. The van der Waals surface area contributed by atoms with E-state index in [1.165, 1.54) is 19.3 Å². The Morgan fingerprint density at radius 1 is 1.03 bits per heavy atom. The van der Waals surface area contributed by atoms with Gasteiger partial charge in [0.15, 0.2) is 0 Å². The van der Waals surface area contributed by atoms with E-state index in [2.05, 4.69) is 15.6 Å². The van der Waals surface area contributed by atoms with Crippen molar-refractivity contribution in [3.8, 4) is 0 Å². The molecule has 0 bridgehead atoms. The third-order valence-electron chi connectivity index (χ3n) is 5.62. The zero-order valence-corrected chi connectivity index (χ0v) is 16.7. The van der Waals surface area contributed by atoms with Crippen molar-refractivity contribution in [3.63, 3.8) is 0 Å². The Morgan fingerprint density at radius 3 is 2.45 bits per heavy atom. The molecule has 29 heavy (non-hydrogen) atoms. The zero-order valence-electron chi connectivity index (χ0n) is 16.7. The predicted molar refractivity (Wildman–Crippen MR) is 113 cm³/mol. The molecule has 1 aliphatic rings. The van der Waals surface area contributed by atoms with E-state index < -0.39 is 6.04 Å². The van der Waals surface area contributed by atoms with Gasteiger partial charge >= 0.3 is 0 Å². The van der Waals surface area contributed by atoms with Crippen LogP contribution in [0.4, 0.5) is 0 Å². The lowest BCUT2D eigenvalue weighted by Crippen LogP contribution is -2.54. The minimum absolute atomic E-state index is 0.0622. The van der Waals surface area contributed by atoms with Crippen LogP contribution in [0.25, 0.3) is 0 Å². The first-order valence-corrected chi connectivity index (χ1v) is 10.4. The molecule has 1 saturated carbocycles. The molecule has 2 amide bonds. The van der Waals surface area contributed by atoms with Gasteiger partial charge in [-0.1, -0.05) is 43.5 Å². The number of hydrogen-bond acceptors (Lipinski definition) is 4. The van der Waals surface area contributed by atoms with Crippen molar-refractivity contribution in [1.29, 1.82) is 0 Å². The summed E-state index contributed by atoms with van der Waals surface area (Å²) in [6.07, 6.45) is 9.57. The van der Waals surface area contributed by atoms with E-state index in [9.17, 15) is 9.59 Å². The zero-order chi connectivity index (χ0) is 20.5. The van der Waals surface area contributed by atoms with Gasteiger partial charge in [-0.25, -0.2) is 0 Å². The second-order valence-corrected chi connectivity index (χ2v) is 7.71. The number of nitrogens with one attached hydrogen (secondary N) is 2. The number of nitrogens with zero attached hydrogens (tertiary/aromatic N) is 1. The average molecular weight is 395 g/mol. The second-order valence-electron chi connectivity index (χ2n) is 7.71. The van der Waals surface area contributed by atoms with Crippen molar-refractivity contribution >= 4 is 11.8 Å². The monoisotopic (exact) mass is 394 g/mol. The summed E-state index contributed by atoms with van der Waals surface area (Å²) in [7, 11) is 0. The van der Waals surface area contributed by atoms with E-state index in [1.807, 2.05) is 18.2 Å². The third-order valence-corrected chi connectivity index (χ3v) is 5.62. The standard InChI is InChI=1S/C23H30N4O2/c24-15-21(18-9-3-1-4-10-18)27-23(29)20(14-17-8-7-13-25-16-17)26-22(28)19-11-5-2-6-12-19/h2,5-8,11-13,16,18,20-21H,1,3-4,9-10,14-15,24H2,(H,26,28)(H,27,29). The summed E-state index contributed by atoms with van der Waals surface area (Å²) in [5.41, 5.74) is 7.40. The summed E-state index contributed by atoms with van der Waals surface area (Å²) in [5, 5.41) is 6.01. The highest BCUT2D eigenvalue weighted by Crippen LogP contribution is 2.26. The van der Waals surface area contributed by atoms with Gasteiger partial charge in [0, 0.05) is 37.0 Å². The Bertz CT molecular complexity index is 776. The third kappa shape index (κ3) is 6.12. The number of benzene rings is 1. The fraction of sp³-hybridized carbons (Fsp3) is 0.435. The van der Waals surface area contributed by atoms with Gasteiger partial charge in [-0.15, -0.1) is 0 Å². The molecule has 0 radical (unpaired) electrons. The molecule has 1 aromatic heterocycles. The Balaban J connectivity index is 1.72. The van der Waals surface area contributed by atoms with Crippen LogP contribution in [0.2, 0.25) is 0 Å². The van der Waals surface area contributed by atoms with Crippen LogP contribution < -0.4 is 16.4 Å². The van der Waals surface area contributed by atoms with Crippen molar-refractivity contribution < 1.29 is 9.59 Å². The lowest BCUT2D eigenvalue weighted by atomic mass is 9.83. The molecule has 1 aliphatic carbocycles. The highest BCUT2D eigenvalue weighted by atomic mass is 16.2. The predicted octanol–water partition coefficient (Wildman–Crippen LogP) is 2.45. The van der Waals surface area contributed by atoms with Crippen molar-refractivity contribution in [2.75, 3.05) is 6.54 Å². The van der Waals surface area contributed by atoms with Crippen molar-refractivity contribution in [2.24, 2.45) is 11.7 Å². The van der Waals surface area contributed by atoms with Gasteiger partial charge in [0.1, 0.15) is 6.04 Å². The Morgan fingerprint density at radius 2 is 1.79 bits per heavy atom. The molecule has 6 nitrogen and oxygen atoms in total. The van der Waals surface area contributed by atoms with Gasteiger partial charge in [0.25, 0.3) is 5.91 Å². The Kier molecular flexibility index (Phi) is 7.76. The molecule has 4 N–H and O–H groups in total. The normalized spacial score (nSPS) is 16.6. The molecule has 1 fully saturated rings. The number of aromatic nitrogens is 1. The van der Waals surface area contributed by atoms with E-state index >= 15 is 0 Å². The van der Waals surface area contributed by atoms with Crippen LogP contribution in [0, 0.1) is 5.92 Å². The number of pyridine rings is 1. The van der Waals surface area contributed by atoms with Crippen LogP contribution in [-0.2, 0) is 11.2 Å². The van der Waals surface area contributed by atoms with Crippen LogP contribution in [0.3, 0.4) is 0 Å². The summed E-state index contributed by atoms with van der Waals surface area (Å²) in [6.45, 7) is 0.405. The molecule has 2 unspecified atom stereocenters. The van der Waals surface area contributed by atoms with Crippen molar-refractivity contribution in [1.82, 2.24) is 15.6 Å². The van der Waals surface area contributed by atoms with E-state index in [1.54, 1.807) is 36.7 Å². The van der Waals surface area contributed by atoms with Crippen LogP contribution in [0.1, 0.15) is 48.0 Å². The maximum Gasteiger partial charge on any atom is 0.251 e. The number of carbonyl (C=O) groups excluding carboxylic acids is 2. The van der Waals surface area contributed by atoms with Crippen molar-refractivity contribution in [3.05, 3.63) is 66.0 Å². The van der Waals surface area contributed by atoms with Gasteiger partial charge in [-0.3, -0.25) is 14.6 Å². The van der Waals surface area contributed by atoms with Gasteiger partial charge < -0.3 is 16.4 Å². The largest absolute Gasteiger partial charge is 0.350 e. The van der Waals surface area contributed by atoms with Crippen LogP contribution in [-0.4, -0.2) is 35.4 Å². The van der Waals surface area contributed by atoms with Crippen LogP contribution >= 0.6 is 0 Å². The molecule has 0 spiro atoms. The SMILES string of the molecule is NCC(NC(=O)C(Cc1cccnc1)NC(=O)c1ccccc1)C1CCCCC1. The number of nitrogens with two attached hydrogens (primary N) is 1. The van der Waals surface area contributed by atoms with E-state index in [0.29, 0.717) is 24.4 Å². The smallest absolute Gasteiger partial charge is 0.251 e. The average Bonchev–Trinajstić information content (AvgIpc) is 2.78. The summed E-state index contributed by atoms with van der Waals surface area (Å²) in [4.78, 5) is 29.9. The first kappa shape index (κ1) is 21.0. The fourth-order valence-electron chi connectivity index (χ4n) is 3.98. The highest BCUT2D eigenvalue weighted by Gasteiger charge is 2.28. The molecule has 0 aliphatic heterocycles. The molecule has 2 aromatic rings. The second kappa shape index (κ2) is 10.7. The van der Waals surface area contributed by atoms with Crippen LogP contribution in [0.5, 0.6) is 0 Å². The van der Waals surface area contributed by atoms with Gasteiger partial charge in [0.05, 0.1) is 0 Å². The topological polar surface area (TPSA) is 97.1 Å². The molecule has 1 aromatic carbocycles. The molecule has 0 saturated heterocycles. The highest BCUT2D eigenvalue weighted by molar-refractivity contribution is 5.97. The molecular formula is C23H30N4O2. The maximum absolute atomic E-state index is 13.1. The lowest BCUT2D eigenvalue weighted by molar-refractivity contribution is -0.124. The van der Waals surface area contributed by atoms with Gasteiger partial charge in [0.2, 0.25) is 5.91 Å². The number of hydrogen-bond donors (Lipinski definition) is 3. The Labute approximate surface area is 172 Å². The summed E-state index contributed by atoms with van der Waals surface area (Å²) in [5.74, 6) is -0.0580. The number of rotatable bonds is 8. The molecule has 1 heterocycles.